The molecule has 3 amide bonds. The predicted octanol–water partition coefficient (Wildman–Crippen LogP) is 4.17. The van der Waals surface area contributed by atoms with Crippen LogP contribution in [0.2, 0.25) is 10.0 Å². The number of carbonyl (C=O) groups is 4. The Bertz CT molecular complexity index is 1550. The van der Waals surface area contributed by atoms with Crippen molar-refractivity contribution >= 4 is 52.6 Å². The highest BCUT2D eigenvalue weighted by Crippen LogP contribution is 2.42. The van der Waals surface area contributed by atoms with Crippen LogP contribution in [0, 0.1) is 0 Å². The summed E-state index contributed by atoms with van der Waals surface area (Å²) in [5.74, 6) is -1.21. The molecular weight excluding hydrogens is 639 g/mol. The van der Waals surface area contributed by atoms with Crippen molar-refractivity contribution < 1.29 is 38.2 Å². The molecule has 12 nitrogen and oxygen atoms in total. The molecule has 3 aliphatic rings. The molecule has 2 aliphatic heterocycles. The minimum Gasteiger partial charge on any atom is -0.496 e. The number of benzene rings is 2. The normalized spacial score (nSPS) is 20.8. The van der Waals surface area contributed by atoms with Crippen molar-refractivity contribution in [2.45, 2.75) is 69.4 Å². The number of Topliss-reactive ketones (excluding diaryl/α,β-unsaturated/α-hetero) is 1. The molecular formula is C32H36Cl2N4O8. The van der Waals surface area contributed by atoms with Gasteiger partial charge in [0.05, 0.1) is 37.5 Å². The average molecular weight is 676 g/mol. The minimum absolute atomic E-state index is 0.0142. The summed E-state index contributed by atoms with van der Waals surface area (Å²) >= 11 is 12.7. The van der Waals surface area contributed by atoms with Crippen LogP contribution in [0.4, 0.5) is 4.79 Å². The lowest BCUT2D eigenvalue weighted by Crippen LogP contribution is -2.53. The lowest BCUT2D eigenvalue weighted by atomic mass is 9.97. The average Bonchev–Trinajstić information content (AvgIpc) is 3.64. The first kappa shape index (κ1) is 33.4. The molecule has 2 aromatic rings. The van der Waals surface area contributed by atoms with Crippen LogP contribution in [0.5, 0.6) is 11.5 Å². The quantitative estimate of drug-likeness (QED) is 0.283. The molecule has 5 rings (SSSR count). The molecule has 0 aromatic heterocycles. The van der Waals surface area contributed by atoms with Crippen molar-refractivity contribution in [1.29, 1.82) is 0 Å². The summed E-state index contributed by atoms with van der Waals surface area (Å²) in [7, 11) is 3.00. The summed E-state index contributed by atoms with van der Waals surface area (Å²) in [5, 5.41) is 6.17. The molecule has 46 heavy (non-hydrogen) atoms. The van der Waals surface area contributed by atoms with E-state index in [1.807, 2.05) is 6.92 Å². The Hall–Kier alpha value is -4.00. The molecule has 3 atom stereocenters. The third-order valence-electron chi connectivity index (χ3n) is 8.08. The first-order valence-electron chi connectivity index (χ1n) is 15.0. The zero-order chi connectivity index (χ0) is 33.0. The highest BCUT2D eigenvalue weighted by atomic mass is 35.5. The number of hydroxylamine groups is 1. The van der Waals surface area contributed by atoms with Crippen LogP contribution in [0.3, 0.4) is 0 Å². The van der Waals surface area contributed by atoms with Gasteiger partial charge in [0.1, 0.15) is 29.7 Å². The Kier molecular flexibility index (Phi) is 10.3. The van der Waals surface area contributed by atoms with Crippen molar-refractivity contribution in [3.63, 3.8) is 0 Å². The van der Waals surface area contributed by atoms with E-state index in [4.69, 9.17) is 42.3 Å². The van der Waals surface area contributed by atoms with Gasteiger partial charge in [0.15, 0.2) is 0 Å². The fourth-order valence-corrected chi connectivity index (χ4v) is 5.92. The molecule has 0 bridgehead atoms. The van der Waals surface area contributed by atoms with Gasteiger partial charge in [-0.3, -0.25) is 29.6 Å². The van der Waals surface area contributed by atoms with Gasteiger partial charge in [-0.25, -0.2) is 4.79 Å². The third-order valence-corrected chi connectivity index (χ3v) is 8.75. The van der Waals surface area contributed by atoms with E-state index in [0.29, 0.717) is 44.8 Å². The second-order valence-corrected chi connectivity index (χ2v) is 12.3. The number of rotatable bonds is 12. The van der Waals surface area contributed by atoms with E-state index in [0.717, 1.165) is 12.8 Å². The molecule has 2 fully saturated rings. The third kappa shape index (κ3) is 7.35. The summed E-state index contributed by atoms with van der Waals surface area (Å²) in [6.07, 6.45) is 3.41. The number of methoxy groups -OCH3 is 2. The largest absolute Gasteiger partial charge is 0.496 e. The highest BCUT2D eigenvalue weighted by molar-refractivity contribution is 6.38. The smallest absolute Gasteiger partial charge is 0.410 e. The second kappa shape index (κ2) is 14.2. The monoisotopic (exact) mass is 674 g/mol. The zero-order valence-corrected chi connectivity index (χ0v) is 27.2. The molecule has 0 radical (unpaired) electrons. The number of nitrogens with zero attached hydrogens (tertiary/aromatic N) is 1. The summed E-state index contributed by atoms with van der Waals surface area (Å²) in [5.41, 5.74) is 3.40. The lowest BCUT2D eigenvalue weighted by molar-refractivity contribution is -0.140. The molecule has 3 N–H and O–H groups in total. The maximum Gasteiger partial charge on any atom is 0.410 e. The van der Waals surface area contributed by atoms with Crippen LogP contribution in [-0.4, -0.2) is 73.1 Å². The molecule has 246 valence electrons. The number of halogens is 2. The number of hydrogen-bond acceptors (Lipinski definition) is 9. The molecule has 0 unspecified atom stereocenters. The molecule has 2 heterocycles. The molecule has 1 saturated carbocycles. The maximum absolute atomic E-state index is 13.8. The van der Waals surface area contributed by atoms with E-state index in [-0.39, 0.29) is 32.0 Å². The van der Waals surface area contributed by atoms with Gasteiger partial charge in [-0.05, 0) is 37.5 Å². The summed E-state index contributed by atoms with van der Waals surface area (Å²) in [6, 6.07) is 8.05. The van der Waals surface area contributed by atoms with Gasteiger partial charge >= 0.3 is 6.09 Å². The van der Waals surface area contributed by atoms with Gasteiger partial charge in [0.2, 0.25) is 11.7 Å². The first-order valence-corrected chi connectivity index (χ1v) is 15.7. The topological polar surface area (TPSA) is 145 Å². The minimum atomic E-state index is -1.16. The number of hydrogen-bond donors (Lipinski definition) is 3. The number of amides is 3. The zero-order valence-electron chi connectivity index (χ0n) is 25.7. The SMILES string of the molecule is CCC[C@H](NC(=O)[C@@H]1C[C@]2(C=C(c3cc(Cl)c(OC)cc3OC)NO2)CN1C(=O)OCc1ccccc1Cl)C(=O)C(=O)NC1CC1. The van der Waals surface area contributed by atoms with Crippen molar-refractivity contribution in [3.8, 4) is 11.5 Å². The van der Waals surface area contributed by atoms with Crippen molar-refractivity contribution in [1.82, 2.24) is 21.0 Å². The van der Waals surface area contributed by atoms with Gasteiger partial charge in [-0.15, -0.1) is 0 Å². The molecule has 2 aromatic carbocycles. The molecule has 1 saturated heterocycles. The van der Waals surface area contributed by atoms with Gasteiger partial charge in [-0.2, -0.15) is 0 Å². The second-order valence-electron chi connectivity index (χ2n) is 11.5. The van der Waals surface area contributed by atoms with Crippen LogP contribution in [0.15, 0.2) is 42.5 Å². The van der Waals surface area contributed by atoms with E-state index in [1.165, 1.54) is 19.1 Å². The molecule has 14 heteroatoms. The van der Waals surface area contributed by atoms with E-state index in [1.54, 1.807) is 42.5 Å². The Balaban J connectivity index is 1.40. The number of likely N-dealkylation sites (tertiary alicyclic amines) is 1. The van der Waals surface area contributed by atoms with Crippen molar-refractivity contribution in [2.24, 2.45) is 0 Å². The van der Waals surface area contributed by atoms with E-state index < -0.39 is 41.4 Å². The fraction of sp³-hybridized carbons (Fsp3) is 0.438. The molecule has 1 aliphatic carbocycles. The fourth-order valence-electron chi connectivity index (χ4n) is 5.49. The Morgan fingerprint density at radius 2 is 1.83 bits per heavy atom. The Labute approximate surface area is 276 Å². The van der Waals surface area contributed by atoms with E-state index >= 15 is 0 Å². The van der Waals surface area contributed by atoms with Crippen LogP contribution < -0.4 is 25.6 Å². The van der Waals surface area contributed by atoms with Gasteiger partial charge in [0.25, 0.3) is 5.91 Å². The van der Waals surface area contributed by atoms with Crippen molar-refractivity contribution in [3.05, 3.63) is 63.6 Å². The van der Waals surface area contributed by atoms with Crippen LogP contribution in [0.25, 0.3) is 5.70 Å². The first-order chi connectivity index (χ1) is 22.1. The van der Waals surface area contributed by atoms with Crippen LogP contribution in [0.1, 0.15) is 50.2 Å². The lowest BCUT2D eigenvalue weighted by Gasteiger charge is -2.25. The van der Waals surface area contributed by atoms with Crippen LogP contribution in [-0.2, 0) is 30.6 Å². The van der Waals surface area contributed by atoms with E-state index in [2.05, 4.69) is 16.1 Å². The molecule has 1 spiro atoms. The summed E-state index contributed by atoms with van der Waals surface area (Å²) in [6.45, 7) is 1.65. The number of ketones is 1. The van der Waals surface area contributed by atoms with Crippen molar-refractivity contribution in [2.75, 3.05) is 20.8 Å². The van der Waals surface area contributed by atoms with E-state index in [9.17, 15) is 19.2 Å². The Morgan fingerprint density at radius 1 is 1.09 bits per heavy atom. The number of carbonyl (C=O) groups excluding carboxylic acids is 4. The van der Waals surface area contributed by atoms with Gasteiger partial charge in [0, 0.05) is 34.7 Å². The number of nitrogens with one attached hydrogen (secondary N) is 3. The van der Waals surface area contributed by atoms with Gasteiger partial charge < -0.3 is 24.8 Å². The maximum atomic E-state index is 13.8. The highest BCUT2D eigenvalue weighted by Gasteiger charge is 2.53. The van der Waals surface area contributed by atoms with Gasteiger partial charge in [-0.1, -0.05) is 54.7 Å². The summed E-state index contributed by atoms with van der Waals surface area (Å²) < 4.78 is 16.4. The van der Waals surface area contributed by atoms with Crippen LogP contribution >= 0.6 is 23.2 Å². The predicted molar refractivity (Wildman–Crippen MR) is 169 cm³/mol. The standard InChI is InChI=1S/C32H36Cl2N4O8/c1-4-7-23(28(39)30(41)35-19-10-11-19)36-29(40)25-15-32(17-38(25)31(42)45-16-18-8-5-6-9-21(18)33)14-24(37-46-32)20-12-22(34)27(44-3)13-26(20)43-2/h5-6,8-9,12-14,19,23,25,37H,4,7,10-11,15-17H2,1-3H3,(H,35,41)(H,36,40)/t23-,25-,32+/m0/s1. The Morgan fingerprint density at radius 3 is 2.50 bits per heavy atom. The summed E-state index contributed by atoms with van der Waals surface area (Å²) in [4.78, 5) is 60.2. The number of ether oxygens (including phenoxy) is 3.